The third-order valence-electron chi connectivity index (χ3n) is 5.91. The van der Waals surface area contributed by atoms with Gasteiger partial charge in [-0.05, 0) is 45.6 Å². The highest BCUT2D eigenvalue weighted by Crippen LogP contribution is 2.46. The first-order chi connectivity index (χ1) is 15.3. The molecule has 0 amide bonds. The number of thiazole rings is 1. The molecule has 1 aromatic carbocycles. The monoisotopic (exact) mass is 478 g/mol. The van der Waals surface area contributed by atoms with Crippen LogP contribution in [0.5, 0.6) is 0 Å². The highest BCUT2D eigenvalue weighted by atomic mass is 32.2. The number of anilines is 1. The second-order valence-corrected chi connectivity index (χ2v) is 10.4. The van der Waals surface area contributed by atoms with Gasteiger partial charge < -0.3 is 14.8 Å². The lowest BCUT2D eigenvalue weighted by Crippen LogP contribution is -2.35. The Kier molecular flexibility index (Phi) is 5.59. The summed E-state index contributed by atoms with van der Waals surface area (Å²) >= 11 is 2.99. The van der Waals surface area contributed by atoms with Crippen LogP contribution in [0, 0.1) is 12.8 Å². The van der Waals surface area contributed by atoms with Gasteiger partial charge in [-0.1, -0.05) is 23.9 Å². The third kappa shape index (κ3) is 3.87. The second-order valence-electron chi connectivity index (χ2n) is 8.56. The number of aromatic nitrogens is 3. The molecule has 0 spiro atoms. The summed E-state index contributed by atoms with van der Waals surface area (Å²) < 4.78 is 40.5. The number of aryl methyl sites for hydroxylation is 1. The molecule has 2 aromatic heterocycles. The van der Waals surface area contributed by atoms with Gasteiger partial charge in [-0.15, -0.1) is 11.3 Å². The Hall–Kier alpha value is -1.88. The minimum absolute atomic E-state index is 0.236. The first-order valence-corrected chi connectivity index (χ1v) is 12.5. The highest BCUT2D eigenvalue weighted by Gasteiger charge is 2.56. The molecule has 1 aliphatic heterocycles. The summed E-state index contributed by atoms with van der Waals surface area (Å²) in [5.74, 6) is -1.20. The zero-order chi connectivity index (χ0) is 22.6. The molecule has 0 unspecified atom stereocenters. The van der Waals surface area contributed by atoms with Crippen molar-refractivity contribution in [1.82, 2.24) is 15.0 Å². The fourth-order valence-corrected chi connectivity index (χ4v) is 6.04. The van der Waals surface area contributed by atoms with Crippen molar-refractivity contribution >= 4 is 39.1 Å². The predicted molar refractivity (Wildman–Crippen MR) is 123 cm³/mol. The van der Waals surface area contributed by atoms with E-state index in [4.69, 9.17) is 19.4 Å². The fraction of sp³-hybridized carbons (Fsp3) is 0.500. The van der Waals surface area contributed by atoms with Crippen molar-refractivity contribution < 1.29 is 18.3 Å². The maximum atomic E-state index is 13.8. The molecule has 2 aliphatic rings. The number of hydrogen-bond donors (Lipinski definition) is 1. The van der Waals surface area contributed by atoms with E-state index in [2.05, 4.69) is 10.3 Å². The van der Waals surface area contributed by atoms with Crippen molar-refractivity contribution in [1.29, 1.82) is 0 Å². The molecule has 1 N–H and O–H groups in total. The molecule has 6 nitrogen and oxygen atoms in total. The van der Waals surface area contributed by atoms with Crippen LogP contribution in [0.3, 0.4) is 0 Å². The molecule has 3 heterocycles. The SMILES string of the molecule is CSc1nc(C)c(-c2nc3ccccc3s2)c(N[C@@H]2C[C@H](C(F)F)[C@H]3OC(C)(C)O[C@H]32)n1. The number of fused-ring (bicyclic) bond motifs is 2. The number of nitrogens with zero attached hydrogens (tertiary/aromatic N) is 3. The van der Waals surface area contributed by atoms with Gasteiger partial charge in [0.1, 0.15) is 16.9 Å². The van der Waals surface area contributed by atoms with Crippen molar-refractivity contribution in [2.24, 2.45) is 5.92 Å². The van der Waals surface area contributed by atoms with Crippen LogP contribution in [0.1, 0.15) is 26.0 Å². The Bertz CT molecular complexity index is 1120. The smallest absolute Gasteiger partial charge is 0.244 e. The van der Waals surface area contributed by atoms with Crippen LogP contribution >= 0.6 is 23.1 Å². The summed E-state index contributed by atoms with van der Waals surface area (Å²) in [7, 11) is 0. The molecule has 3 aromatic rings. The Morgan fingerprint density at radius 1 is 1.16 bits per heavy atom. The lowest BCUT2D eigenvalue weighted by atomic mass is 10.1. The molecule has 4 atom stereocenters. The maximum absolute atomic E-state index is 13.8. The Morgan fingerprint density at radius 3 is 2.62 bits per heavy atom. The van der Waals surface area contributed by atoms with E-state index >= 15 is 0 Å². The number of para-hydroxylation sites is 1. The number of ether oxygens (including phenoxy) is 2. The number of rotatable bonds is 5. The van der Waals surface area contributed by atoms with E-state index in [0.29, 0.717) is 11.0 Å². The van der Waals surface area contributed by atoms with Gasteiger partial charge in [0.05, 0.1) is 39.5 Å². The fourth-order valence-electron chi connectivity index (χ4n) is 4.56. The average Bonchev–Trinajstić information content (AvgIpc) is 3.38. The van der Waals surface area contributed by atoms with Crippen LogP contribution in [-0.4, -0.2) is 51.7 Å². The van der Waals surface area contributed by atoms with E-state index in [1.54, 1.807) is 25.2 Å². The second kappa shape index (κ2) is 8.16. The van der Waals surface area contributed by atoms with Gasteiger partial charge in [0.25, 0.3) is 0 Å². The van der Waals surface area contributed by atoms with E-state index < -0.39 is 30.3 Å². The first-order valence-electron chi connectivity index (χ1n) is 10.4. The number of hydrogen-bond acceptors (Lipinski definition) is 8. The quantitative estimate of drug-likeness (QED) is 0.391. The molecular formula is C22H24F2N4O2S2. The molecule has 1 saturated heterocycles. The molecular weight excluding hydrogens is 454 g/mol. The summed E-state index contributed by atoms with van der Waals surface area (Å²) in [6.45, 7) is 5.45. The van der Waals surface area contributed by atoms with E-state index in [9.17, 15) is 8.78 Å². The maximum Gasteiger partial charge on any atom is 0.244 e. The van der Waals surface area contributed by atoms with Crippen LogP contribution in [0.25, 0.3) is 20.8 Å². The molecule has 0 radical (unpaired) electrons. The topological polar surface area (TPSA) is 69.2 Å². The number of benzene rings is 1. The van der Waals surface area contributed by atoms with Gasteiger partial charge in [0, 0.05) is 0 Å². The number of alkyl halides is 2. The third-order valence-corrected chi connectivity index (χ3v) is 7.52. The van der Waals surface area contributed by atoms with Gasteiger partial charge in [-0.25, -0.2) is 23.7 Å². The van der Waals surface area contributed by atoms with E-state index in [1.165, 1.54) is 11.8 Å². The zero-order valence-electron chi connectivity index (χ0n) is 18.1. The van der Waals surface area contributed by atoms with Crippen LogP contribution in [0.15, 0.2) is 29.4 Å². The molecule has 5 rings (SSSR count). The lowest BCUT2D eigenvalue weighted by Gasteiger charge is -2.25. The lowest BCUT2D eigenvalue weighted by molar-refractivity contribution is -0.163. The van der Waals surface area contributed by atoms with Crippen molar-refractivity contribution in [3.05, 3.63) is 30.0 Å². The zero-order valence-corrected chi connectivity index (χ0v) is 19.8. The summed E-state index contributed by atoms with van der Waals surface area (Å²) in [5.41, 5.74) is 2.48. The summed E-state index contributed by atoms with van der Waals surface area (Å²) in [4.78, 5) is 14.1. The van der Waals surface area contributed by atoms with Crippen molar-refractivity contribution in [3.63, 3.8) is 0 Å². The number of thioether (sulfide) groups is 1. The Labute approximate surface area is 193 Å². The van der Waals surface area contributed by atoms with E-state index in [-0.39, 0.29) is 12.5 Å². The van der Waals surface area contributed by atoms with Gasteiger partial charge >= 0.3 is 0 Å². The summed E-state index contributed by atoms with van der Waals surface area (Å²) in [6, 6.07) is 7.56. The van der Waals surface area contributed by atoms with Gasteiger partial charge in [0.15, 0.2) is 10.9 Å². The van der Waals surface area contributed by atoms with E-state index in [0.717, 1.165) is 26.5 Å². The Morgan fingerprint density at radius 2 is 1.91 bits per heavy atom. The minimum Gasteiger partial charge on any atom is -0.364 e. The molecule has 32 heavy (non-hydrogen) atoms. The van der Waals surface area contributed by atoms with Crippen molar-refractivity contribution in [2.45, 2.75) is 62.8 Å². The molecule has 1 aliphatic carbocycles. The van der Waals surface area contributed by atoms with Crippen LogP contribution in [0.2, 0.25) is 0 Å². The van der Waals surface area contributed by atoms with Crippen LogP contribution in [-0.2, 0) is 9.47 Å². The predicted octanol–water partition coefficient (Wildman–Crippen LogP) is 5.37. The number of nitrogens with one attached hydrogen (secondary N) is 1. The molecule has 10 heteroatoms. The average molecular weight is 479 g/mol. The minimum atomic E-state index is -2.48. The highest BCUT2D eigenvalue weighted by molar-refractivity contribution is 7.98. The number of halogens is 2. The molecule has 170 valence electrons. The molecule has 0 bridgehead atoms. The van der Waals surface area contributed by atoms with Gasteiger partial charge in [-0.2, -0.15) is 0 Å². The standard InChI is InChI=1S/C22H24F2N4O2S2/c1-10-15(20-27-12-7-5-6-8-14(12)32-20)19(28-21(25-10)31-4)26-13-9-11(18(23)24)16-17(13)30-22(2,3)29-16/h5-8,11,13,16-18H,9H2,1-4H3,(H,25,26,28)/t11-,13+,16+,17-/m0/s1. The van der Waals surface area contributed by atoms with Gasteiger partial charge in [-0.3, -0.25) is 0 Å². The molecule has 1 saturated carbocycles. The first kappa shape index (κ1) is 21.9. The van der Waals surface area contributed by atoms with Crippen LogP contribution < -0.4 is 5.32 Å². The van der Waals surface area contributed by atoms with Crippen molar-refractivity contribution in [3.8, 4) is 10.6 Å². The molecule has 2 fully saturated rings. The van der Waals surface area contributed by atoms with Crippen LogP contribution in [0.4, 0.5) is 14.6 Å². The van der Waals surface area contributed by atoms with Crippen molar-refractivity contribution in [2.75, 3.05) is 11.6 Å². The Balaban J connectivity index is 1.55. The summed E-state index contributed by atoms with van der Waals surface area (Å²) in [6.07, 6.45) is -1.48. The van der Waals surface area contributed by atoms with Gasteiger partial charge in [0.2, 0.25) is 6.43 Å². The van der Waals surface area contributed by atoms with E-state index in [1.807, 2.05) is 37.4 Å². The largest absolute Gasteiger partial charge is 0.364 e. The summed E-state index contributed by atoms with van der Waals surface area (Å²) in [5, 5.41) is 4.83. The normalized spacial score (nSPS) is 26.7.